The molecule has 0 aromatic rings. The van der Waals surface area contributed by atoms with E-state index < -0.39 is 11.5 Å². The van der Waals surface area contributed by atoms with E-state index in [1.807, 2.05) is 13.8 Å². The fourth-order valence-electron chi connectivity index (χ4n) is 2.70. The van der Waals surface area contributed by atoms with Gasteiger partial charge in [0.1, 0.15) is 0 Å². The topological polar surface area (TPSA) is 75.6 Å². The minimum atomic E-state index is -0.871. The first-order valence-electron chi connectivity index (χ1n) is 7.65. The van der Waals surface area contributed by atoms with Crippen LogP contribution in [0, 0.1) is 0 Å². The van der Waals surface area contributed by atoms with Crippen LogP contribution in [0.25, 0.3) is 0 Å². The van der Waals surface area contributed by atoms with Gasteiger partial charge in [0, 0.05) is 18.6 Å². The van der Waals surface area contributed by atoms with Crippen LogP contribution in [0.15, 0.2) is 0 Å². The molecule has 0 radical (unpaired) electrons. The normalized spacial score (nSPS) is 19.6. The molecule has 1 fully saturated rings. The van der Waals surface area contributed by atoms with Crippen molar-refractivity contribution in [2.24, 2.45) is 0 Å². The number of carbonyl (C=O) groups excluding carboxylic acids is 1. The molecular weight excluding hydrogens is 258 g/mol. The number of carboxylic acids is 1. The van der Waals surface area contributed by atoms with Gasteiger partial charge in [-0.1, -0.05) is 13.8 Å². The molecule has 0 aromatic heterocycles. The number of carbonyl (C=O) groups is 2. The van der Waals surface area contributed by atoms with E-state index in [1.165, 1.54) is 6.42 Å². The Morgan fingerprint density at radius 3 is 2.50 bits per heavy atom. The Morgan fingerprint density at radius 2 is 2.00 bits per heavy atom. The minimum absolute atomic E-state index is 0.0222. The van der Waals surface area contributed by atoms with Gasteiger partial charge in [0.25, 0.3) is 0 Å². The third kappa shape index (κ3) is 5.49. The van der Waals surface area contributed by atoms with Gasteiger partial charge in [0.15, 0.2) is 0 Å². The van der Waals surface area contributed by atoms with Crippen molar-refractivity contribution in [3.8, 4) is 0 Å². The summed E-state index contributed by atoms with van der Waals surface area (Å²) in [5.41, 5.74) is -0.615. The molecule has 1 aliphatic heterocycles. The molecule has 20 heavy (non-hydrogen) atoms. The minimum Gasteiger partial charge on any atom is -0.481 e. The number of rotatable bonds is 8. The Hall–Kier alpha value is -1.10. The van der Waals surface area contributed by atoms with Crippen molar-refractivity contribution >= 4 is 11.9 Å². The lowest BCUT2D eigenvalue weighted by Gasteiger charge is -2.32. The highest BCUT2D eigenvalue weighted by Crippen LogP contribution is 2.21. The Morgan fingerprint density at radius 1 is 1.30 bits per heavy atom. The predicted octanol–water partition coefficient (Wildman–Crippen LogP) is 2.49. The number of carboxylic acid groups (broad SMARTS) is 1. The van der Waals surface area contributed by atoms with E-state index in [4.69, 9.17) is 9.84 Å². The van der Waals surface area contributed by atoms with Gasteiger partial charge in [-0.3, -0.25) is 9.59 Å². The number of ether oxygens (including phenoxy) is 1. The zero-order valence-corrected chi connectivity index (χ0v) is 12.6. The molecule has 0 spiro atoms. The van der Waals surface area contributed by atoms with Crippen molar-refractivity contribution < 1.29 is 19.4 Å². The average Bonchev–Trinajstić information content (AvgIpc) is 2.45. The molecule has 5 nitrogen and oxygen atoms in total. The molecule has 1 amide bonds. The third-order valence-corrected chi connectivity index (χ3v) is 4.22. The van der Waals surface area contributed by atoms with E-state index in [0.717, 1.165) is 25.9 Å². The van der Waals surface area contributed by atoms with Gasteiger partial charge in [0.2, 0.25) is 5.91 Å². The number of hydrogen-bond acceptors (Lipinski definition) is 3. The van der Waals surface area contributed by atoms with Crippen LogP contribution in [-0.2, 0) is 14.3 Å². The first kappa shape index (κ1) is 17.0. The van der Waals surface area contributed by atoms with Crippen molar-refractivity contribution in [1.29, 1.82) is 0 Å². The summed E-state index contributed by atoms with van der Waals surface area (Å²) in [5.74, 6) is -0.936. The van der Waals surface area contributed by atoms with Gasteiger partial charge in [0.05, 0.1) is 12.5 Å². The van der Waals surface area contributed by atoms with Crippen LogP contribution in [0.2, 0.25) is 0 Å². The molecule has 0 aliphatic carbocycles. The summed E-state index contributed by atoms with van der Waals surface area (Å²) in [6.45, 7) is 4.62. The fraction of sp³-hybridized carbons (Fsp3) is 0.867. The second-order valence-electron chi connectivity index (χ2n) is 5.63. The van der Waals surface area contributed by atoms with Crippen molar-refractivity contribution in [3.05, 3.63) is 0 Å². The largest absolute Gasteiger partial charge is 0.481 e. The summed E-state index contributed by atoms with van der Waals surface area (Å²) in [7, 11) is 0. The molecule has 1 heterocycles. The Kier molecular flexibility index (Phi) is 6.99. The molecular formula is C15H27NO4. The zero-order valence-electron chi connectivity index (χ0n) is 12.6. The first-order valence-corrected chi connectivity index (χ1v) is 7.65. The van der Waals surface area contributed by atoms with Gasteiger partial charge < -0.3 is 15.2 Å². The number of aliphatic carboxylic acids is 1. The SMILES string of the molecule is CCC(CC)(CC(=O)O)NC(=O)CCC1CCCCO1. The van der Waals surface area contributed by atoms with Crippen LogP contribution >= 0.6 is 0 Å². The molecule has 1 saturated heterocycles. The van der Waals surface area contributed by atoms with E-state index in [2.05, 4.69) is 5.32 Å². The zero-order chi connectivity index (χ0) is 15.0. The summed E-state index contributed by atoms with van der Waals surface area (Å²) in [6, 6.07) is 0. The van der Waals surface area contributed by atoms with Crippen molar-refractivity contribution in [2.45, 2.75) is 76.9 Å². The highest BCUT2D eigenvalue weighted by atomic mass is 16.5. The maximum absolute atomic E-state index is 12.0. The molecule has 1 rings (SSSR count). The molecule has 116 valence electrons. The third-order valence-electron chi connectivity index (χ3n) is 4.22. The van der Waals surface area contributed by atoms with Gasteiger partial charge in [-0.2, -0.15) is 0 Å². The van der Waals surface area contributed by atoms with Crippen molar-refractivity contribution in [3.63, 3.8) is 0 Å². The maximum atomic E-state index is 12.0. The van der Waals surface area contributed by atoms with Gasteiger partial charge in [-0.05, 0) is 38.5 Å². The molecule has 2 N–H and O–H groups in total. The van der Waals surface area contributed by atoms with Crippen LogP contribution in [0.4, 0.5) is 0 Å². The Bertz CT molecular complexity index is 320. The summed E-state index contributed by atoms with van der Waals surface area (Å²) < 4.78 is 5.60. The first-order chi connectivity index (χ1) is 9.51. The van der Waals surface area contributed by atoms with Gasteiger partial charge >= 0.3 is 5.97 Å². The second-order valence-corrected chi connectivity index (χ2v) is 5.63. The van der Waals surface area contributed by atoms with Gasteiger partial charge in [-0.15, -0.1) is 0 Å². The Balaban J connectivity index is 2.42. The maximum Gasteiger partial charge on any atom is 0.305 e. The van der Waals surface area contributed by atoms with E-state index in [0.29, 0.717) is 19.3 Å². The van der Waals surface area contributed by atoms with Crippen molar-refractivity contribution in [1.82, 2.24) is 5.32 Å². The summed E-state index contributed by atoms with van der Waals surface area (Å²) in [6.07, 6.45) is 5.85. The Labute approximate surface area is 121 Å². The predicted molar refractivity (Wildman–Crippen MR) is 76.5 cm³/mol. The number of amides is 1. The molecule has 0 aromatic carbocycles. The molecule has 1 aliphatic rings. The van der Waals surface area contributed by atoms with Crippen LogP contribution in [0.1, 0.15) is 65.2 Å². The van der Waals surface area contributed by atoms with Crippen LogP contribution in [0.3, 0.4) is 0 Å². The van der Waals surface area contributed by atoms with E-state index in [1.54, 1.807) is 0 Å². The monoisotopic (exact) mass is 285 g/mol. The lowest BCUT2D eigenvalue weighted by Crippen LogP contribution is -2.49. The fourth-order valence-corrected chi connectivity index (χ4v) is 2.70. The summed E-state index contributed by atoms with van der Waals surface area (Å²) >= 11 is 0. The number of hydrogen-bond donors (Lipinski definition) is 2. The summed E-state index contributed by atoms with van der Waals surface area (Å²) in [5, 5.41) is 11.9. The quantitative estimate of drug-likeness (QED) is 0.718. The highest BCUT2D eigenvalue weighted by Gasteiger charge is 2.31. The number of nitrogens with one attached hydrogen (secondary N) is 1. The molecule has 1 atom stereocenters. The van der Waals surface area contributed by atoms with Crippen LogP contribution < -0.4 is 5.32 Å². The second kappa shape index (κ2) is 8.25. The lowest BCUT2D eigenvalue weighted by atomic mass is 9.88. The molecule has 0 saturated carbocycles. The highest BCUT2D eigenvalue weighted by molar-refractivity contribution is 5.78. The van der Waals surface area contributed by atoms with Gasteiger partial charge in [-0.25, -0.2) is 0 Å². The average molecular weight is 285 g/mol. The van der Waals surface area contributed by atoms with E-state index >= 15 is 0 Å². The van der Waals surface area contributed by atoms with Crippen molar-refractivity contribution in [2.75, 3.05) is 6.61 Å². The molecule has 0 bridgehead atoms. The summed E-state index contributed by atoms with van der Waals surface area (Å²) in [4.78, 5) is 23.0. The van der Waals surface area contributed by atoms with Crippen LogP contribution in [-0.4, -0.2) is 35.2 Å². The van der Waals surface area contributed by atoms with Crippen LogP contribution in [0.5, 0.6) is 0 Å². The molecule has 1 unspecified atom stereocenters. The lowest BCUT2D eigenvalue weighted by molar-refractivity contribution is -0.139. The standard InChI is InChI=1S/C15H27NO4/c1-3-15(4-2,11-14(18)19)16-13(17)9-8-12-7-5-6-10-20-12/h12H,3-11H2,1-2H3,(H,16,17)(H,18,19). The molecule has 5 heteroatoms. The van der Waals surface area contributed by atoms with E-state index in [-0.39, 0.29) is 18.4 Å². The smallest absolute Gasteiger partial charge is 0.305 e. The van der Waals surface area contributed by atoms with E-state index in [9.17, 15) is 9.59 Å².